The van der Waals surface area contributed by atoms with E-state index in [4.69, 9.17) is 23.7 Å². The topological polar surface area (TPSA) is 63.2 Å². The number of benzene rings is 2. The minimum Gasteiger partial charge on any atom is -0.457 e. The Morgan fingerprint density at radius 2 is 1.43 bits per heavy atom. The fourth-order valence-electron chi connectivity index (χ4n) is 3.43. The summed E-state index contributed by atoms with van der Waals surface area (Å²) in [5.74, 6) is -0.385. The van der Waals surface area contributed by atoms with Crippen LogP contribution < -0.4 is 0 Å². The number of ether oxygens (including phenoxy) is 5. The van der Waals surface area contributed by atoms with Gasteiger partial charge in [-0.1, -0.05) is 83.3 Å². The van der Waals surface area contributed by atoms with Gasteiger partial charge in [0.2, 0.25) is 0 Å². The van der Waals surface area contributed by atoms with Crippen LogP contribution in [0.25, 0.3) is 0 Å². The van der Waals surface area contributed by atoms with E-state index in [0.29, 0.717) is 17.6 Å². The zero-order chi connectivity index (χ0) is 21.3. The molecule has 0 aromatic heterocycles. The lowest BCUT2D eigenvalue weighted by Gasteiger charge is -2.44. The summed E-state index contributed by atoms with van der Waals surface area (Å²) in [6, 6.07) is 19.7. The molecular weight excluding hydrogens is 499 g/mol. The van der Waals surface area contributed by atoms with Crippen molar-refractivity contribution < 1.29 is 28.5 Å². The number of alkyl halides is 1. The summed E-state index contributed by atoms with van der Waals surface area (Å²) in [6.07, 6.45) is -2.72. The van der Waals surface area contributed by atoms with Crippen molar-refractivity contribution in [3.63, 3.8) is 0 Å². The van der Waals surface area contributed by atoms with Crippen LogP contribution in [0, 0.1) is 0 Å². The molecule has 162 valence electrons. The molecular formula is C23H27IO6. The Hall–Kier alpha value is -1.52. The molecule has 5 atom stereocenters. The van der Waals surface area contributed by atoms with Crippen LogP contribution in [0.2, 0.25) is 0 Å². The zero-order valence-electron chi connectivity index (χ0n) is 17.1. The molecule has 1 aliphatic rings. The first-order valence-corrected chi connectivity index (χ1v) is 11.4. The molecule has 0 spiro atoms. The van der Waals surface area contributed by atoms with E-state index < -0.39 is 24.6 Å². The smallest absolute Gasteiger partial charge is 0.303 e. The summed E-state index contributed by atoms with van der Waals surface area (Å²) in [5.41, 5.74) is 2.04. The third-order valence-corrected chi connectivity index (χ3v) is 5.72. The fraction of sp³-hybridized carbons (Fsp3) is 0.435. The molecule has 30 heavy (non-hydrogen) atoms. The molecule has 6 nitrogen and oxygen atoms in total. The van der Waals surface area contributed by atoms with E-state index in [1.165, 1.54) is 6.92 Å². The molecule has 2 aromatic carbocycles. The number of halogens is 1. The van der Waals surface area contributed by atoms with Crippen LogP contribution in [0.4, 0.5) is 0 Å². The van der Waals surface area contributed by atoms with E-state index >= 15 is 0 Å². The van der Waals surface area contributed by atoms with Crippen molar-refractivity contribution in [2.75, 3.05) is 11.5 Å². The van der Waals surface area contributed by atoms with Gasteiger partial charge in [-0.2, -0.15) is 0 Å². The van der Waals surface area contributed by atoms with Crippen molar-refractivity contribution >= 4 is 28.6 Å². The number of esters is 1. The summed E-state index contributed by atoms with van der Waals surface area (Å²) >= 11 is 2.21. The average molecular weight is 526 g/mol. The molecule has 1 fully saturated rings. The van der Waals surface area contributed by atoms with E-state index in [0.717, 1.165) is 11.1 Å². The molecule has 7 heteroatoms. The Balaban J connectivity index is 1.83. The molecule has 2 aromatic rings. The second-order valence-corrected chi connectivity index (χ2v) is 7.91. The van der Waals surface area contributed by atoms with Gasteiger partial charge in [-0.3, -0.25) is 4.79 Å². The number of carbonyl (C=O) groups excluding carboxylic acids is 1. The van der Waals surface area contributed by atoms with Gasteiger partial charge in [0.15, 0.2) is 12.4 Å². The summed E-state index contributed by atoms with van der Waals surface area (Å²) in [4.78, 5) is 11.8. The third kappa shape index (κ3) is 6.24. The zero-order valence-corrected chi connectivity index (χ0v) is 19.3. The maximum absolute atomic E-state index is 11.8. The Morgan fingerprint density at radius 1 is 0.900 bits per heavy atom. The highest BCUT2D eigenvalue weighted by molar-refractivity contribution is 14.1. The molecule has 1 aliphatic heterocycles. The Kier molecular flexibility index (Phi) is 9.07. The van der Waals surface area contributed by atoms with Crippen LogP contribution in [0.3, 0.4) is 0 Å². The first-order valence-electron chi connectivity index (χ1n) is 9.85. The third-order valence-electron chi connectivity index (χ3n) is 4.85. The highest BCUT2D eigenvalue weighted by Gasteiger charge is 2.49. The van der Waals surface area contributed by atoms with Gasteiger partial charge in [0, 0.05) is 18.5 Å². The first-order chi connectivity index (χ1) is 14.6. The fourth-order valence-corrected chi connectivity index (χ4v) is 4.13. The maximum atomic E-state index is 11.8. The van der Waals surface area contributed by atoms with Crippen molar-refractivity contribution in [3.8, 4) is 0 Å². The van der Waals surface area contributed by atoms with Gasteiger partial charge in [-0.05, 0) is 11.1 Å². The average Bonchev–Trinajstić information content (AvgIpc) is 2.77. The lowest BCUT2D eigenvalue weighted by molar-refractivity contribution is -0.307. The minimum atomic E-state index is -0.638. The van der Waals surface area contributed by atoms with E-state index in [-0.39, 0.29) is 12.1 Å². The first kappa shape index (κ1) is 23.1. The molecule has 0 N–H and O–H groups in total. The second kappa shape index (κ2) is 11.8. The van der Waals surface area contributed by atoms with Crippen molar-refractivity contribution in [2.24, 2.45) is 0 Å². The number of methoxy groups -OCH3 is 1. The van der Waals surface area contributed by atoms with Crippen molar-refractivity contribution in [2.45, 2.75) is 50.8 Å². The van der Waals surface area contributed by atoms with Gasteiger partial charge < -0.3 is 23.7 Å². The van der Waals surface area contributed by atoms with E-state index in [9.17, 15) is 4.79 Å². The van der Waals surface area contributed by atoms with Gasteiger partial charge >= 0.3 is 5.97 Å². The molecule has 0 radical (unpaired) electrons. The predicted octanol–water partition coefficient (Wildman–Crippen LogP) is 3.90. The molecule has 0 amide bonds. The van der Waals surface area contributed by atoms with Crippen molar-refractivity contribution in [1.29, 1.82) is 0 Å². The van der Waals surface area contributed by atoms with Crippen LogP contribution in [-0.4, -0.2) is 48.2 Å². The molecule has 0 bridgehead atoms. The molecule has 0 aliphatic carbocycles. The molecule has 1 heterocycles. The molecule has 0 saturated carbocycles. The number of rotatable bonds is 9. The van der Waals surface area contributed by atoms with Gasteiger partial charge in [0.1, 0.15) is 18.3 Å². The Morgan fingerprint density at radius 3 is 1.90 bits per heavy atom. The summed E-state index contributed by atoms with van der Waals surface area (Å²) in [7, 11) is 1.58. The summed E-state index contributed by atoms with van der Waals surface area (Å²) < 4.78 is 30.4. The summed E-state index contributed by atoms with van der Waals surface area (Å²) in [6.45, 7) is 2.11. The maximum Gasteiger partial charge on any atom is 0.303 e. The van der Waals surface area contributed by atoms with E-state index in [1.54, 1.807) is 7.11 Å². The lowest BCUT2D eigenvalue weighted by Crippen LogP contribution is -2.61. The highest BCUT2D eigenvalue weighted by Crippen LogP contribution is 2.31. The SMILES string of the molecule is CO[C@H]1O[C@H](CI)[C@H](OC(C)=O)[C@H](OCc2ccccc2)[C@H]1OCc1ccccc1. The molecule has 3 rings (SSSR count). The monoisotopic (exact) mass is 526 g/mol. The van der Waals surface area contributed by atoms with Crippen molar-refractivity contribution in [1.82, 2.24) is 0 Å². The Labute approximate surface area is 190 Å². The van der Waals surface area contributed by atoms with E-state index in [2.05, 4.69) is 22.6 Å². The van der Waals surface area contributed by atoms with Crippen molar-refractivity contribution in [3.05, 3.63) is 71.8 Å². The second-order valence-electron chi connectivity index (χ2n) is 7.03. The van der Waals surface area contributed by atoms with Crippen LogP contribution in [0.15, 0.2) is 60.7 Å². The largest absolute Gasteiger partial charge is 0.457 e. The minimum absolute atomic E-state index is 0.360. The number of hydrogen-bond donors (Lipinski definition) is 0. The predicted molar refractivity (Wildman–Crippen MR) is 120 cm³/mol. The van der Waals surface area contributed by atoms with Crippen LogP contribution in [0.1, 0.15) is 18.1 Å². The van der Waals surface area contributed by atoms with Gasteiger partial charge in [0.25, 0.3) is 0 Å². The summed E-state index contributed by atoms with van der Waals surface area (Å²) in [5, 5.41) is 0. The normalized spacial score (nSPS) is 26.3. The van der Waals surface area contributed by atoms with Crippen LogP contribution in [0.5, 0.6) is 0 Å². The van der Waals surface area contributed by atoms with Crippen LogP contribution in [-0.2, 0) is 41.7 Å². The number of carbonyl (C=O) groups is 1. The van der Waals surface area contributed by atoms with E-state index in [1.807, 2.05) is 60.7 Å². The van der Waals surface area contributed by atoms with Gasteiger partial charge in [-0.25, -0.2) is 0 Å². The van der Waals surface area contributed by atoms with Gasteiger partial charge in [-0.15, -0.1) is 0 Å². The lowest BCUT2D eigenvalue weighted by atomic mass is 9.98. The molecule has 1 saturated heterocycles. The number of hydrogen-bond acceptors (Lipinski definition) is 6. The molecule has 0 unspecified atom stereocenters. The quantitative estimate of drug-likeness (QED) is 0.281. The standard InChI is InChI=1S/C23H27IO6/c1-16(25)29-20-19(13-24)30-23(26-2)22(28-15-18-11-7-4-8-12-18)21(20)27-14-17-9-5-3-6-10-17/h3-12,19-23H,13-15H2,1-2H3/t19-,20+,21+,22-,23+/m1/s1. The van der Waals surface area contributed by atoms with Crippen LogP contribution >= 0.6 is 22.6 Å². The highest BCUT2D eigenvalue weighted by atomic mass is 127. The van der Waals surface area contributed by atoms with Gasteiger partial charge in [0.05, 0.1) is 13.2 Å². The Bertz CT molecular complexity index is 772.